The molecule has 0 aromatic carbocycles. The lowest BCUT2D eigenvalue weighted by atomic mass is 10.4. The molecule has 3 heteroatoms. The summed E-state index contributed by atoms with van der Waals surface area (Å²) in [5.41, 5.74) is 0. The molecule has 0 saturated heterocycles. The molecule has 0 saturated carbocycles. The highest BCUT2D eigenvalue weighted by atomic mass is 16.1. The van der Waals surface area contributed by atoms with E-state index in [9.17, 15) is 4.79 Å². The van der Waals surface area contributed by atoms with Crippen LogP contribution in [-0.2, 0) is 4.79 Å². The Morgan fingerprint density at radius 2 is 2.45 bits per heavy atom. The summed E-state index contributed by atoms with van der Waals surface area (Å²) in [5, 5.41) is 3.00. The van der Waals surface area contributed by atoms with Crippen molar-refractivity contribution in [3.63, 3.8) is 0 Å². The molecular formula is C8H10N2O. The van der Waals surface area contributed by atoms with Gasteiger partial charge in [-0.15, -0.1) is 0 Å². The zero-order valence-electron chi connectivity index (χ0n) is 6.16. The first-order chi connectivity index (χ1) is 5.43. The number of nitrogens with zero attached hydrogens (tertiary/aromatic N) is 1. The van der Waals surface area contributed by atoms with Crippen molar-refractivity contribution in [2.75, 3.05) is 11.9 Å². The number of pyridine rings is 1. The Labute approximate surface area is 65.5 Å². The lowest BCUT2D eigenvalue weighted by Crippen LogP contribution is -2.02. The van der Waals surface area contributed by atoms with Crippen molar-refractivity contribution in [2.24, 2.45) is 0 Å². The number of nitrogens with one attached hydrogen (secondary N) is 1. The third-order valence-electron chi connectivity index (χ3n) is 1.23. The normalized spacial score (nSPS) is 9.09. The van der Waals surface area contributed by atoms with Gasteiger partial charge >= 0.3 is 0 Å². The molecule has 1 rings (SSSR count). The van der Waals surface area contributed by atoms with Crippen LogP contribution in [0.5, 0.6) is 0 Å². The fourth-order valence-corrected chi connectivity index (χ4v) is 0.726. The van der Waals surface area contributed by atoms with Crippen LogP contribution in [0.25, 0.3) is 0 Å². The second-order valence-corrected chi connectivity index (χ2v) is 2.10. The predicted octanol–water partition coefficient (Wildman–Crippen LogP) is 1.08. The van der Waals surface area contributed by atoms with Gasteiger partial charge in [-0.25, -0.2) is 4.98 Å². The van der Waals surface area contributed by atoms with Crippen molar-refractivity contribution in [3.8, 4) is 0 Å². The van der Waals surface area contributed by atoms with Crippen LogP contribution in [0.3, 0.4) is 0 Å². The van der Waals surface area contributed by atoms with Crippen molar-refractivity contribution in [3.05, 3.63) is 24.4 Å². The maximum Gasteiger partial charge on any atom is 0.125 e. The predicted molar refractivity (Wildman–Crippen MR) is 43.4 cm³/mol. The van der Waals surface area contributed by atoms with Crippen LogP contribution >= 0.6 is 0 Å². The van der Waals surface area contributed by atoms with E-state index in [1.807, 2.05) is 18.2 Å². The summed E-state index contributed by atoms with van der Waals surface area (Å²) < 4.78 is 0. The highest BCUT2D eigenvalue weighted by Gasteiger charge is 1.87. The fourth-order valence-electron chi connectivity index (χ4n) is 0.726. The average molecular weight is 150 g/mol. The maximum absolute atomic E-state index is 9.93. The largest absolute Gasteiger partial charge is 0.370 e. The molecule has 1 heterocycles. The van der Waals surface area contributed by atoms with Gasteiger partial charge in [-0.2, -0.15) is 0 Å². The summed E-state index contributed by atoms with van der Waals surface area (Å²) in [5.74, 6) is 0.814. The number of aldehydes is 1. The van der Waals surface area contributed by atoms with Gasteiger partial charge in [0.15, 0.2) is 0 Å². The molecule has 0 amide bonds. The Balaban J connectivity index is 2.33. The molecule has 0 atom stereocenters. The van der Waals surface area contributed by atoms with Crippen molar-refractivity contribution >= 4 is 12.1 Å². The minimum absolute atomic E-state index is 0.524. The Bertz CT molecular complexity index is 211. The van der Waals surface area contributed by atoms with Gasteiger partial charge in [-0.05, 0) is 12.1 Å². The van der Waals surface area contributed by atoms with E-state index in [-0.39, 0.29) is 0 Å². The molecule has 0 aliphatic carbocycles. The Hall–Kier alpha value is -1.38. The van der Waals surface area contributed by atoms with Crippen LogP contribution in [0.2, 0.25) is 0 Å². The first kappa shape index (κ1) is 7.72. The van der Waals surface area contributed by atoms with Gasteiger partial charge in [0.2, 0.25) is 0 Å². The number of aromatic nitrogens is 1. The molecule has 58 valence electrons. The molecule has 3 nitrogen and oxygen atoms in total. The van der Waals surface area contributed by atoms with Crippen molar-refractivity contribution in [1.82, 2.24) is 4.98 Å². The molecule has 1 aromatic heterocycles. The minimum Gasteiger partial charge on any atom is -0.370 e. The van der Waals surface area contributed by atoms with Crippen LogP contribution in [0.15, 0.2) is 24.4 Å². The second-order valence-electron chi connectivity index (χ2n) is 2.10. The minimum atomic E-state index is 0.524. The van der Waals surface area contributed by atoms with E-state index in [4.69, 9.17) is 0 Å². The highest BCUT2D eigenvalue weighted by molar-refractivity contribution is 5.50. The number of carbonyl (C=O) groups is 1. The maximum atomic E-state index is 9.93. The Morgan fingerprint density at radius 3 is 3.09 bits per heavy atom. The fraction of sp³-hybridized carbons (Fsp3) is 0.250. The van der Waals surface area contributed by atoms with E-state index in [0.29, 0.717) is 13.0 Å². The number of rotatable bonds is 4. The Kier molecular flexibility index (Phi) is 3.12. The molecule has 0 spiro atoms. The average Bonchev–Trinajstić information content (AvgIpc) is 2.07. The van der Waals surface area contributed by atoms with Gasteiger partial charge in [0.05, 0.1) is 0 Å². The van der Waals surface area contributed by atoms with Gasteiger partial charge in [0.1, 0.15) is 12.1 Å². The molecular weight excluding hydrogens is 140 g/mol. The van der Waals surface area contributed by atoms with Crippen LogP contribution in [-0.4, -0.2) is 17.8 Å². The van der Waals surface area contributed by atoms with Crippen molar-refractivity contribution < 1.29 is 4.79 Å². The highest BCUT2D eigenvalue weighted by Crippen LogP contribution is 1.98. The third-order valence-corrected chi connectivity index (χ3v) is 1.23. The Morgan fingerprint density at radius 1 is 1.55 bits per heavy atom. The lowest BCUT2D eigenvalue weighted by molar-refractivity contribution is -0.107. The summed E-state index contributed by atoms with van der Waals surface area (Å²) in [4.78, 5) is 14.0. The lowest BCUT2D eigenvalue weighted by Gasteiger charge is -2.00. The molecule has 0 aliphatic heterocycles. The van der Waals surface area contributed by atoms with Gasteiger partial charge in [0, 0.05) is 19.2 Å². The van der Waals surface area contributed by atoms with E-state index in [1.54, 1.807) is 6.20 Å². The quantitative estimate of drug-likeness (QED) is 0.516. The van der Waals surface area contributed by atoms with Crippen LogP contribution in [0.4, 0.5) is 5.82 Å². The smallest absolute Gasteiger partial charge is 0.125 e. The zero-order chi connectivity index (χ0) is 7.94. The molecule has 1 N–H and O–H groups in total. The van der Waals surface area contributed by atoms with Crippen LogP contribution in [0, 0.1) is 0 Å². The SMILES string of the molecule is O=CCCNc1ccccn1. The van der Waals surface area contributed by atoms with Gasteiger partial charge < -0.3 is 10.1 Å². The summed E-state index contributed by atoms with van der Waals surface area (Å²) in [7, 11) is 0. The van der Waals surface area contributed by atoms with Crippen LogP contribution in [0.1, 0.15) is 6.42 Å². The standard InChI is InChI=1S/C8H10N2O/c11-7-3-6-10-8-4-1-2-5-9-8/h1-2,4-5,7H,3,6H2,(H,9,10). The molecule has 0 aliphatic rings. The third kappa shape index (κ3) is 2.80. The molecule has 0 unspecified atom stereocenters. The molecule has 0 bridgehead atoms. The van der Waals surface area contributed by atoms with Gasteiger partial charge in [0.25, 0.3) is 0 Å². The first-order valence-corrected chi connectivity index (χ1v) is 3.52. The van der Waals surface area contributed by atoms with Crippen molar-refractivity contribution in [1.29, 1.82) is 0 Å². The van der Waals surface area contributed by atoms with E-state index >= 15 is 0 Å². The van der Waals surface area contributed by atoms with E-state index in [0.717, 1.165) is 12.1 Å². The van der Waals surface area contributed by atoms with Crippen molar-refractivity contribution in [2.45, 2.75) is 6.42 Å². The van der Waals surface area contributed by atoms with Gasteiger partial charge in [-0.3, -0.25) is 0 Å². The number of hydrogen-bond donors (Lipinski definition) is 1. The summed E-state index contributed by atoms with van der Waals surface area (Å²) in [6.07, 6.45) is 3.12. The van der Waals surface area contributed by atoms with Gasteiger partial charge in [-0.1, -0.05) is 6.07 Å². The summed E-state index contributed by atoms with van der Waals surface area (Å²) in [6, 6.07) is 5.62. The first-order valence-electron chi connectivity index (χ1n) is 3.52. The topological polar surface area (TPSA) is 42.0 Å². The molecule has 1 aromatic rings. The number of anilines is 1. The van der Waals surface area contributed by atoms with E-state index < -0.39 is 0 Å². The number of hydrogen-bond acceptors (Lipinski definition) is 3. The van der Waals surface area contributed by atoms with E-state index in [2.05, 4.69) is 10.3 Å². The van der Waals surface area contributed by atoms with E-state index in [1.165, 1.54) is 0 Å². The molecule has 0 fully saturated rings. The van der Waals surface area contributed by atoms with Crippen LogP contribution < -0.4 is 5.32 Å². The monoisotopic (exact) mass is 150 g/mol. The molecule has 0 radical (unpaired) electrons. The summed E-state index contributed by atoms with van der Waals surface area (Å²) in [6.45, 7) is 0.653. The summed E-state index contributed by atoms with van der Waals surface area (Å²) >= 11 is 0. The second kappa shape index (κ2) is 4.44. The zero-order valence-corrected chi connectivity index (χ0v) is 6.16. The number of carbonyl (C=O) groups excluding carboxylic acids is 1. The molecule has 11 heavy (non-hydrogen) atoms.